The number of rotatable bonds is 8. The molecule has 1 rings (SSSR count). The summed E-state index contributed by atoms with van der Waals surface area (Å²) in [5, 5.41) is 29.0. The Labute approximate surface area is 102 Å². The number of nitrogens with zero attached hydrogens (tertiary/aromatic N) is 3. The maximum atomic E-state index is 9.01. The first-order chi connectivity index (χ1) is 8.17. The molecule has 2 atom stereocenters. The lowest BCUT2D eigenvalue weighted by Crippen LogP contribution is -2.33. The van der Waals surface area contributed by atoms with Crippen LogP contribution in [0.2, 0.25) is 0 Å². The molecule has 0 saturated heterocycles. The van der Waals surface area contributed by atoms with E-state index in [0.717, 1.165) is 5.69 Å². The summed E-state index contributed by atoms with van der Waals surface area (Å²) in [6.45, 7) is 5.71. The summed E-state index contributed by atoms with van der Waals surface area (Å²) in [5.41, 5.74) is 0.875. The SMILES string of the molecule is CC(CO)C(C)NCc1cn(CCCO)nn1. The van der Waals surface area contributed by atoms with Crippen LogP contribution in [0.15, 0.2) is 6.20 Å². The Bertz CT molecular complexity index is 316. The van der Waals surface area contributed by atoms with E-state index >= 15 is 0 Å². The fourth-order valence-electron chi connectivity index (χ4n) is 1.39. The van der Waals surface area contributed by atoms with Gasteiger partial charge in [0.1, 0.15) is 0 Å². The van der Waals surface area contributed by atoms with Crippen molar-refractivity contribution in [3.05, 3.63) is 11.9 Å². The Morgan fingerprint density at radius 1 is 1.41 bits per heavy atom. The average molecular weight is 242 g/mol. The lowest BCUT2D eigenvalue weighted by Gasteiger charge is -2.18. The van der Waals surface area contributed by atoms with E-state index < -0.39 is 0 Å². The largest absolute Gasteiger partial charge is 0.396 e. The van der Waals surface area contributed by atoms with E-state index in [1.807, 2.05) is 20.0 Å². The van der Waals surface area contributed by atoms with Crippen molar-refractivity contribution in [2.45, 2.75) is 39.4 Å². The number of aliphatic hydroxyl groups is 2. The number of hydrogen-bond donors (Lipinski definition) is 3. The van der Waals surface area contributed by atoms with Gasteiger partial charge in [0.15, 0.2) is 0 Å². The van der Waals surface area contributed by atoms with Crippen molar-refractivity contribution < 1.29 is 10.2 Å². The van der Waals surface area contributed by atoms with E-state index in [1.165, 1.54) is 0 Å². The highest BCUT2D eigenvalue weighted by Gasteiger charge is 2.10. The van der Waals surface area contributed by atoms with Crippen LogP contribution < -0.4 is 5.32 Å². The van der Waals surface area contributed by atoms with E-state index in [4.69, 9.17) is 10.2 Å². The normalized spacial score (nSPS) is 14.8. The third-order valence-corrected chi connectivity index (χ3v) is 2.88. The lowest BCUT2D eigenvalue weighted by atomic mass is 10.1. The molecule has 6 nitrogen and oxygen atoms in total. The summed E-state index contributed by atoms with van der Waals surface area (Å²) in [4.78, 5) is 0. The smallest absolute Gasteiger partial charge is 0.0964 e. The molecule has 1 aromatic rings. The van der Waals surface area contributed by atoms with Gasteiger partial charge in [-0.05, 0) is 19.3 Å². The van der Waals surface area contributed by atoms with Gasteiger partial charge in [-0.15, -0.1) is 5.10 Å². The molecule has 0 aromatic carbocycles. The predicted molar refractivity (Wildman–Crippen MR) is 64.3 cm³/mol. The van der Waals surface area contributed by atoms with Crippen LogP contribution in [-0.2, 0) is 13.1 Å². The summed E-state index contributed by atoms with van der Waals surface area (Å²) in [6.07, 6.45) is 2.56. The molecule has 0 aliphatic carbocycles. The number of aliphatic hydroxyl groups excluding tert-OH is 2. The first kappa shape index (κ1) is 14.1. The fourth-order valence-corrected chi connectivity index (χ4v) is 1.39. The standard InChI is InChI=1S/C11H22N4O2/c1-9(8-17)10(2)12-6-11-7-15(14-13-11)4-3-5-16/h7,9-10,12,16-17H,3-6,8H2,1-2H3. The molecule has 98 valence electrons. The Kier molecular flexibility index (Phi) is 6.10. The highest BCUT2D eigenvalue weighted by molar-refractivity contribution is 4.92. The zero-order chi connectivity index (χ0) is 12.7. The quantitative estimate of drug-likeness (QED) is 0.586. The van der Waals surface area contributed by atoms with Gasteiger partial charge in [-0.25, -0.2) is 0 Å². The van der Waals surface area contributed by atoms with Gasteiger partial charge in [-0.1, -0.05) is 12.1 Å². The van der Waals surface area contributed by atoms with Gasteiger partial charge >= 0.3 is 0 Å². The Balaban J connectivity index is 2.34. The second-order valence-corrected chi connectivity index (χ2v) is 4.38. The minimum atomic E-state index is 0.165. The summed E-state index contributed by atoms with van der Waals surface area (Å²) in [6, 6.07) is 0.239. The van der Waals surface area contributed by atoms with Crippen molar-refractivity contribution in [1.29, 1.82) is 0 Å². The van der Waals surface area contributed by atoms with Gasteiger partial charge in [0.25, 0.3) is 0 Å². The van der Waals surface area contributed by atoms with Crippen molar-refractivity contribution in [2.24, 2.45) is 5.92 Å². The maximum Gasteiger partial charge on any atom is 0.0964 e. The molecule has 6 heteroatoms. The maximum absolute atomic E-state index is 9.01. The molecule has 0 aliphatic heterocycles. The zero-order valence-corrected chi connectivity index (χ0v) is 10.5. The number of hydrogen-bond acceptors (Lipinski definition) is 5. The van der Waals surface area contributed by atoms with Crippen LogP contribution in [-0.4, -0.2) is 44.5 Å². The predicted octanol–water partition coefficient (Wildman–Crippen LogP) is -0.233. The van der Waals surface area contributed by atoms with Gasteiger partial charge < -0.3 is 15.5 Å². The molecular formula is C11H22N4O2. The average Bonchev–Trinajstić information content (AvgIpc) is 2.80. The van der Waals surface area contributed by atoms with E-state index in [0.29, 0.717) is 19.5 Å². The third kappa shape index (κ3) is 4.80. The molecule has 0 saturated carbocycles. The highest BCUT2D eigenvalue weighted by Crippen LogP contribution is 2.02. The minimum absolute atomic E-state index is 0.165. The van der Waals surface area contributed by atoms with Crippen molar-refractivity contribution in [3.63, 3.8) is 0 Å². The molecule has 2 unspecified atom stereocenters. The number of nitrogens with one attached hydrogen (secondary N) is 1. The van der Waals surface area contributed by atoms with Crippen molar-refractivity contribution >= 4 is 0 Å². The lowest BCUT2D eigenvalue weighted by molar-refractivity contribution is 0.206. The van der Waals surface area contributed by atoms with Crippen LogP contribution >= 0.6 is 0 Å². The van der Waals surface area contributed by atoms with E-state index in [1.54, 1.807) is 4.68 Å². The van der Waals surface area contributed by atoms with Crippen LogP contribution in [0, 0.1) is 5.92 Å². The van der Waals surface area contributed by atoms with Gasteiger partial charge in [0.05, 0.1) is 5.69 Å². The fraction of sp³-hybridized carbons (Fsp3) is 0.818. The topological polar surface area (TPSA) is 83.2 Å². The molecule has 0 radical (unpaired) electrons. The van der Waals surface area contributed by atoms with Crippen LogP contribution in [0.4, 0.5) is 0 Å². The molecule has 1 aromatic heterocycles. The van der Waals surface area contributed by atoms with Crippen LogP contribution in [0.1, 0.15) is 26.0 Å². The number of aryl methyl sites for hydroxylation is 1. The van der Waals surface area contributed by atoms with Gasteiger partial charge in [0.2, 0.25) is 0 Å². The third-order valence-electron chi connectivity index (χ3n) is 2.88. The monoisotopic (exact) mass is 242 g/mol. The van der Waals surface area contributed by atoms with Gasteiger partial charge in [-0.2, -0.15) is 0 Å². The zero-order valence-electron chi connectivity index (χ0n) is 10.5. The van der Waals surface area contributed by atoms with Crippen molar-refractivity contribution in [3.8, 4) is 0 Å². The van der Waals surface area contributed by atoms with E-state index in [-0.39, 0.29) is 25.2 Å². The molecule has 0 amide bonds. The summed E-state index contributed by atoms with van der Waals surface area (Å²) >= 11 is 0. The van der Waals surface area contributed by atoms with Crippen LogP contribution in [0.5, 0.6) is 0 Å². The molecular weight excluding hydrogens is 220 g/mol. The van der Waals surface area contributed by atoms with Crippen LogP contribution in [0.25, 0.3) is 0 Å². The first-order valence-electron chi connectivity index (χ1n) is 6.01. The summed E-state index contributed by atoms with van der Waals surface area (Å²) < 4.78 is 1.73. The molecule has 0 aliphatic rings. The molecule has 1 heterocycles. The van der Waals surface area contributed by atoms with E-state index in [9.17, 15) is 0 Å². The summed E-state index contributed by atoms with van der Waals surface area (Å²) in [7, 11) is 0. The molecule has 17 heavy (non-hydrogen) atoms. The summed E-state index contributed by atoms with van der Waals surface area (Å²) in [5.74, 6) is 0.222. The van der Waals surface area contributed by atoms with Crippen molar-refractivity contribution in [2.75, 3.05) is 13.2 Å². The van der Waals surface area contributed by atoms with Crippen LogP contribution in [0.3, 0.4) is 0 Å². The van der Waals surface area contributed by atoms with Gasteiger partial charge in [0, 0.05) is 38.5 Å². The van der Waals surface area contributed by atoms with Crippen molar-refractivity contribution in [1.82, 2.24) is 20.3 Å². The molecule has 0 bridgehead atoms. The second-order valence-electron chi connectivity index (χ2n) is 4.38. The molecule has 0 spiro atoms. The second kappa shape index (κ2) is 7.37. The van der Waals surface area contributed by atoms with E-state index in [2.05, 4.69) is 15.6 Å². The number of aromatic nitrogens is 3. The van der Waals surface area contributed by atoms with Gasteiger partial charge in [-0.3, -0.25) is 4.68 Å². The Morgan fingerprint density at radius 3 is 2.82 bits per heavy atom. The molecule has 3 N–H and O–H groups in total. The first-order valence-corrected chi connectivity index (χ1v) is 6.01. The Morgan fingerprint density at radius 2 is 2.18 bits per heavy atom. The minimum Gasteiger partial charge on any atom is -0.396 e. The Hall–Kier alpha value is -0.980. The molecule has 0 fully saturated rings. The highest BCUT2D eigenvalue weighted by atomic mass is 16.3.